The molecule has 1 unspecified atom stereocenters. The van der Waals surface area contributed by atoms with Gasteiger partial charge in [-0.25, -0.2) is 9.97 Å². The van der Waals surface area contributed by atoms with E-state index in [1.165, 1.54) is 18.9 Å². The molecule has 24 heavy (non-hydrogen) atoms. The summed E-state index contributed by atoms with van der Waals surface area (Å²) in [5, 5.41) is 0.377. The zero-order chi connectivity index (χ0) is 17.3. The number of nitrogens with zero attached hydrogens (tertiary/aromatic N) is 3. The molecule has 1 aromatic heterocycles. The molecule has 132 valence electrons. The number of fused-ring (bicyclic) bond motifs is 1. The van der Waals surface area contributed by atoms with Crippen molar-refractivity contribution in [1.29, 1.82) is 0 Å². The number of hydrogen-bond acceptors (Lipinski definition) is 6. The molecule has 0 aromatic carbocycles. The monoisotopic (exact) mass is 357 g/mol. The Kier molecular flexibility index (Phi) is 4.94. The molecule has 0 spiro atoms. The quantitative estimate of drug-likeness (QED) is 0.469. The number of anilines is 1. The van der Waals surface area contributed by atoms with Crippen LogP contribution in [-0.4, -0.2) is 42.4 Å². The fourth-order valence-corrected chi connectivity index (χ4v) is 3.81. The SMILES string of the molecule is COC(=O)CC1CCN(c2nc(SC)nc3c2CCCC3(F)F)C1. The first-order chi connectivity index (χ1) is 11.4. The van der Waals surface area contributed by atoms with Crippen LogP contribution >= 0.6 is 11.8 Å². The number of methoxy groups -OCH3 is 1. The molecule has 0 bridgehead atoms. The number of ether oxygens (including phenoxy) is 1. The summed E-state index contributed by atoms with van der Waals surface area (Å²) in [4.78, 5) is 22.1. The number of aromatic nitrogens is 2. The third kappa shape index (κ3) is 3.34. The van der Waals surface area contributed by atoms with Crippen LogP contribution in [0, 0.1) is 5.92 Å². The van der Waals surface area contributed by atoms with Gasteiger partial charge in [-0.15, -0.1) is 0 Å². The minimum atomic E-state index is -2.89. The maximum atomic E-state index is 14.3. The second-order valence-electron chi connectivity index (χ2n) is 6.30. The van der Waals surface area contributed by atoms with Crippen LogP contribution in [-0.2, 0) is 21.9 Å². The zero-order valence-corrected chi connectivity index (χ0v) is 14.7. The van der Waals surface area contributed by atoms with Crippen molar-refractivity contribution in [3.8, 4) is 0 Å². The average molecular weight is 357 g/mol. The van der Waals surface area contributed by atoms with Crippen molar-refractivity contribution >= 4 is 23.5 Å². The lowest BCUT2D eigenvalue weighted by Crippen LogP contribution is -2.29. The van der Waals surface area contributed by atoms with Gasteiger partial charge >= 0.3 is 5.97 Å². The molecule has 1 aliphatic heterocycles. The van der Waals surface area contributed by atoms with E-state index < -0.39 is 5.92 Å². The molecule has 1 atom stereocenters. The summed E-state index contributed by atoms with van der Waals surface area (Å²) < 4.78 is 33.3. The molecule has 0 amide bonds. The molecule has 1 aromatic rings. The van der Waals surface area contributed by atoms with E-state index in [1.54, 1.807) is 6.26 Å². The Hall–Kier alpha value is -1.44. The van der Waals surface area contributed by atoms with Gasteiger partial charge in [0.1, 0.15) is 11.5 Å². The highest BCUT2D eigenvalue weighted by atomic mass is 32.2. The van der Waals surface area contributed by atoms with Crippen LogP contribution in [0.25, 0.3) is 0 Å². The van der Waals surface area contributed by atoms with E-state index in [9.17, 15) is 13.6 Å². The highest BCUT2D eigenvalue weighted by molar-refractivity contribution is 7.98. The van der Waals surface area contributed by atoms with Crippen molar-refractivity contribution in [3.63, 3.8) is 0 Å². The number of thioether (sulfide) groups is 1. The smallest absolute Gasteiger partial charge is 0.305 e. The second-order valence-corrected chi connectivity index (χ2v) is 7.07. The van der Waals surface area contributed by atoms with Gasteiger partial charge in [-0.2, -0.15) is 8.78 Å². The summed E-state index contributed by atoms with van der Waals surface area (Å²) in [5.41, 5.74) is 0.460. The van der Waals surface area contributed by atoms with E-state index >= 15 is 0 Å². The Morgan fingerprint density at radius 1 is 1.46 bits per heavy atom. The summed E-state index contributed by atoms with van der Waals surface area (Å²) >= 11 is 1.27. The van der Waals surface area contributed by atoms with Crippen molar-refractivity contribution in [2.75, 3.05) is 31.4 Å². The van der Waals surface area contributed by atoms with Gasteiger partial charge < -0.3 is 9.64 Å². The van der Waals surface area contributed by atoms with Gasteiger partial charge in [0.2, 0.25) is 0 Å². The molecule has 0 N–H and O–H groups in total. The van der Waals surface area contributed by atoms with Crippen LogP contribution in [0.1, 0.15) is 36.9 Å². The average Bonchev–Trinajstić information content (AvgIpc) is 3.02. The van der Waals surface area contributed by atoms with E-state index in [4.69, 9.17) is 4.74 Å². The van der Waals surface area contributed by atoms with Crippen molar-refractivity contribution in [3.05, 3.63) is 11.3 Å². The van der Waals surface area contributed by atoms with E-state index in [2.05, 4.69) is 9.97 Å². The van der Waals surface area contributed by atoms with E-state index in [-0.39, 0.29) is 24.0 Å². The molecule has 1 aliphatic carbocycles. The number of carbonyl (C=O) groups excluding carboxylic acids is 1. The number of esters is 1. The third-order valence-corrected chi connectivity index (χ3v) is 5.23. The molecule has 1 fully saturated rings. The molecule has 8 heteroatoms. The van der Waals surface area contributed by atoms with Crippen molar-refractivity contribution < 1.29 is 18.3 Å². The fourth-order valence-electron chi connectivity index (χ4n) is 3.45. The Morgan fingerprint density at radius 3 is 2.96 bits per heavy atom. The van der Waals surface area contributed by atoms with Gasteiger partial charge in [-0.3, -0.25) is 4.79 Å². The van der Waals surface area contributed by atoms with Gasteiger partial charge in [0.25, 0.3) is 5.92 Å². The molecular formula is C16H21F2N3O2S. The van der Waals surface area contributed by atoms with Crippen LogP contribution in [0.2, 0.25) is 0 Å². The molecule has 2 aliphatic rings. The molecule has 5 nitrogen and oxygen atoms in total. The Morgan fingerprint density at radius 2 is 2.25 bits per heavy atom. The van der Waals surface area contributed by atoms with Crippen LogP contribution < -0.4 is 4.90 Å². The summed E-state index contributed by atoms with van der Waals surface area (Å²) in [5.74, 6) is -2.33. The molecule has 3 rings (SSSR count). The zero-order valence-electron chi connectivity index (χ0n) is 13.8. The first kappa shape index (κ1) is 17.4. The highest BCUT2D eigenvalue weighted by Crippen LogP contribution is 2.43. The van der Waals surface area contributed by atoms with Gasteiger partial charge in [-0.05, 0) is 31.4 Å². The Labute approximate surface area is 144 Å². The molecule has 1 saturated heterocycles. The lowest BCUT2D eigenvalue weighted by molar-refractivity contribution is -0.141. The van der Waals surface area contributed by atoms with E-state index in [0.29, 0.717) is 48.9 Å². The third-order valence-electron chi connectivity index (χ3n) is 4.68. The van der Waals surface area contributed by atoms with Gasteiger partial charge in [0.15, 0.2) is 5.16 Å². The van der Waals surface area contributed by atoms with Gasteiger partial charge in [0, 0.05) is 25.1 Å². The van der Waals surface area contributed by atoms with Crippen molar-refractivity contribution in [2.24, 2.45) is 5.92 Å². The van der Waals surface area contributed by atoms with Gasteiger partial charge in [-0.1, -0.05) is 11.8 Å². The van der Waals surface area contributed by atoms with Crippen molar-refractivity contribution in [2.45, 2.75) is 43.2 Å². The van der Waals surface area contributed by atoms with Crippen LogP contribution in [0.4, 0.5) is 14.6 Å². The normalized spacial score (nSPS) is 22.3. The predicted octanol–water partition coefficient (Wildman–Crippen LogP) is 3.02. The minimum Gasteiger partial charge on any atom is -0.469 e. The summed E-state index contributed by atoms with van der Waals surface area (Å²) in [6.07, 6.45) is 3.83. The topological polar surface area (TPSA) is 55.3 Å². The van der Waals surface area contributed by atoms with Crippen LogP contribution in [0.3, 0.4) is 0 Å². The van der Waals surface area contributed by atoms with Gasteiger partial charge in [0.05, 0.1) is 13.5 Å². The van der Waals surface area contributed by atoms with Crippen molar-refractivity contribution in [1.82, 2.24) is 9.97 Å². The van der Waals surface area contributed by atoms with E-state index in [1.807, 2.05) is 4.90 Å². The maximum Gasteiger partial charge on any atom is 0.305 e. The number of rotatable bonds is 4. The summed E-state index contributed by atoms with van der Waals surface area (Å²) in [6, 6.07) is 0. The number of alkyl halides is 2. The minimum absolute atomic E-state index is 0.112. The standard InChI is InChI=1S/C16H21F2N3O2S/c1-23-12(22)8-10-5-7-21(9-10)14-11-4-3-6-16(17,18)13(11)19-15(20-14)24-2/h10H,3-9H2,1-2H3. The lowest BCUT2D eigenvalue weighted by Gasteiger charge is -2.29. The molecule has 0 saturated carbocycles. The van der Waals surface area contributed by atoms with Crippen LogP contribution in [0.5, 0.6) is 0 Å². The lowest BCUT2D eigenvalue weighted by atomic mass is 9.93. The molecule has 2 heterocycles. The summed E-state index contributed by atoms with van der Waals surface area (Å²) in [7, 11) is 1.38. The number of hydrogen-bond donors (Lipinski definition) is 0. The largest absolute Gasteiger partial charge is 0.469 e. The molecular weight excluding hydrogens is 336 g/mol. The Bertz CT molecular complexity index is 642. The fraction of sp³-hybridized carbons (Fsp3) is 0.688. The second kappa shape index (κ2) is 6.82. The first-order valence-corrected chi connectivity index (χ1v) is 9.32. The molecule has 0 radical (unpaired) electrons. The van der Waals surface area contributed by atoms with Crippen LogP contribution in [0.15, 0.2) is 5.16 Å². The number of halogens is 2. The maximum absolute atomic E-state index is 14.3. The summed E-state index contributed by atoms with van der Waals surface area (Å²) in [6.45, 7) is 1.35. The van der Waals surface area contributed by atoms with E-state index in [0.717, 1.165) is 6.42 Å². The highest BCUT2D eigenvalue weighted by Gasteiger charge is 2.41. The predicted molar refractivity (Wildman–Crippen MR) is 87.6 cm³/mol. The Balaban J connectivity index is 1.90. The first-order valence-electron chi connectivity index (χ1n) is 8.09. The number of carbonyl (C=O) groups is 1.